The number of thiophene rings is 1. The summed E-state index contributed by atoms with van der Waals surface area (Å²) in [6.45, 7) is 16.8. The molecule has 0 radical (unpaired) electrons. The molecule has 0 spiro atoms. The van der Waals surface area contributed by atoms with E-state index in [0.717, 1.165) is 20.7 Å². The zero-order valence-corrected chi connectivity index (χ0v) is 23.3. The molecule has 3 heterocycles. The third-order valence-corrected chi connectivity index (χ3v) is 6.28. The van der Waals surface area contributed by atoms with Gasteiger partial charge in [-0.3, -0.25) is 4.90 Å². The number of ether oxygens (including phenoxy) is 2. The molecular formula is C26H36N4O5S. The Hall–Kier alpha value is -3.14. The monoisotopic (exact) mass is 516 g/mol. The van der Waals surface area contributed by atoms with Crippen molar-refractivity contribution in [2.75, 3.05) is 4.90 Å². The second-order valence-corrected chi connectivity index (χ2v) is 11.9. The smallest absolute Gasteiger partial charge is 0.416 e. The summed E-state index contributed by atoms with van der Waals surface area (Å²) in [6, 6.07) is 3.40. The molecule has 0 bridgehead atoms. The number of amides is 2. The molecule has 0 aliphatic heterocycles. The number of nitrogens with zero attached hydrogens (tertiary/aromatic N) is 3. The van der Waals surface area contributed by atoms with E-state index in [1.54, 1.807) is 25.3 Å². The number of hydrogen-bond donors (Lipinski definition) is 1. The first-order chi connectivity index (χ1) is 16.6. The number of furan rings is 1. The zero-order chi connectivity index (χ0) is 26.8. The van der Waals surface area contributed by atoms with Crippen LogP contribution in [0.25, 0.3) is 10.2 Å². The van der Waals surface area contributed by atoms with Gasteiger partial charge >= 0.3 is 12.2 Å². The highest BCUT2D eigenvalue weighted by molar-refractivity contribution is 7.19. The summed E-state index contributed by atoms with van der Waals surface area (Å²) in [6.07, 6.45) is 1.16. The molecular weight excluding hydrogens is 480 g/mol. The normalized spacial score (nSPS) is 12.9. The number of nitrogens with one attached hydrogen (secondary N) is 1. The summed E-state index contributed by atoms with van der Waals surface area (Å²) in [7, 11) is 0. The van der Waals surface area contributed by atoms with E-state index in [1.165, 1.54) is 16.2 Å². The van der Waals surface area contributed by atoms with Crippen LogP contribution in [0.2, 0.25) is 0 Å². The van der Waals surface area contributed by atoms with Crippen molar-refractivity contribution in [1.82, 2.24) is 15.3 Å². The average molecular weight is 517 g/mol. The van der Waals surface area contributed by atoms with Crippen molar-refractivity contribution in [2.24, 2.45) is 0 Å². The van der Waals surface area contributed by atoms with Crippen LogP contribution in [0.15, 0.2) is 22.8 Å². The number of anilines is 1. The van der Waals surface area contributed by atoms with Crippen molar-refractivity contribution in [2.45, 2.75) is 92.5 Å². The van der Waals surface area contributed by atoms with Crippen molar-refractivity contribution in [3.05, 3.63) is 40.4 Å². The number of aryl methyl sites for hydroxylation is 2. The molecule has 10 heteroatoms. The SMILES string of the molecule is Cc1nc(N(Cc2ccco2)C(=O)OC(C)(C)C)c2sc(C[C@H](C)NC(=O)OC(C)(C)C)c(C)c2n1. The Kier molecular flexibility index (Phi) is 7.97. The summed E-state index contributed by atoms with van der Waals surface area (Å²) in [5, 5.41) is 2.89. The summed E-state index contributed by atoms with van der Waals surface area (Å²) >= 11 is 1.51. The van der Waals surface area contributed by atoms with Gasteiger partial charge in [0.2, 0.25) is 0 Å². The van der Waals surface area contributed by atoms with Crippen LogP contribution in [0.4, 0.5) is 15.4 Å². The number of hydrogen-bond acceptors (Lipinski definition) is 8. The number of alkyl carbamates (subject to hydrolysis) is 1. The fourth-order valence-corrected chi connectivity index (χ4v) is 4.92. The molecule has 0 saturated carbocycles. The molecule has 3 aromatic heterocycles. The van der Waals surface area contributed by atoms with E-state index in [-0.39, 0.29) is 12.6 Å². The molecule has 0 aliphatic carbocycles. The summed E-state index contributed by atoms with van der Waals surface area (Å²) in [5.74, 6) is 1.61. The summed E-state index contributed by atoms with van der Waals surface area (Å²) < 4.78 is 17.4. The molecule has 1 N–H and O–H groups in total. The van der Waals surface area contributed by atoms with Crippen LogP contribution in [0.3, 0.4) is 0 Å². The van der Waals surface area contributed by atoms with E-state index in [1.807, 2.05) is 55.4 Å². The predicted octanol–water partition coefficient (Wildman–Crippen LogP) is 6.30. The molecule has 1 atom stereocenters. The van der Waals surface area contributed by atoms with Gasteiger partial charge in [0.1, 0.15) is 22.8 Å². The molecule has 9 nitrogen and oxygen atoms in total. The molecule has 0 unspecified atom stereocenters. The molecule has 3 aromatic rings. The lowest BCUT2D eigenvalue weighted by molar-refractivity contribution is 0.0506. The minimum absolute atomic E-state index is 0.163. The van der Waals surface area contributed by atoms with Crippen LogP contribution in [-0.2, 0) is 22.4 Å². The topological polar surface area (TPSA) is 107 Å². The number of carbonyl (C=O) groups is 2. The van der Waals surface area contributed by atoms with E-state index >= 15 is 0 Å². The van der Waals surface area contributed by atoms with Gasteiger partial charge in [0.05, 0.1) is 23.0 Å². The van der Waals surface area contributed by atoms with Crippen molar-refractivity contribution >= 4 is 39.6 Å². The Morgan fingerprint density at radius 1 is 1.11 bits per heavy atom. The fraction of sp³-hybridized carbons (Fsp3) is 0.538. The van der Waals surface area contributed by atoms with Crippen LogP contribution >= 0.6 is 11.3 Å². The van der Waals surface area contributed by atoms with Crippen molar-refractivity contribution in [3.8, 4) is 0 Å². The Morgan fingerprint density at radius 3 is 2.36 bits per heavy atom. The first-order valence-electron chi connectivity index (χ1n) is 11.9. The fourth-order valence-electron chi connectivity index (χ4n) is 3.54. The number of aromatic nitrogens is 2. The summed E-state index contributed by atoms with van der Waals surface area (Å²) in [5.41, 5.74) is 0.508. The average Bonchev–Trinajstić information content (AvgIpc) is 3.32. The van der Waals surface area contributed by atoms with Gasteiger partial charge < -0.3 is 19.2 Å². The predicted molar refractivity (Wildman–Crippen MR) is 141 cm³/mol. The molecule has 3 rings (SSSR count). The lowest BCUT2D eigenvalue weighted by atomic mass is 10.1. The van der Waals surface area contributed by atoms with E-state index in [2.05, 4.69) is 15.3 Å². The van der Waals surface area contributed by atoms with Gasteiger partial charge in [-0.25, -0.2) is 19.6 Å². The third kappa shape index (κ3) is 7.19. The number of carbonyl (C=O) groups excluding carboxylic acids is 2. The first kappa shape index (κ1) is 27.4. The van der Waals surface area contributed by atoms with E-state index in [0.29, 0.717) is 23.8 Å². The van der Waals surface area contributed by atoms with Gasteiger partial charge in [0.15, 0.2) is 5.82 Å². The van der Waals surface area contributed by atoms with Gasteiger partial charge in [-0.2, -0.15) is 0 Å². The van der Waals surface area contributed by atoms with Gasteiger partial charge in [-0.05, 0) is 80.0 Å². The molecule has 196 valence electrons. The lowest BCUT2D eigenvalue weighted by Crippen LogP contribution is -2.38. The summed E-state index contributed by atoms with van der Waals surface area (Å²) in [4.78, 5) is 37.4. The number of rotatable bonds is 6. The van der Waals surface area contributed by atoms with E-state index in [4.69, 9.17) is 13.9 Å². The molecule has 0 aliphatic rings. The maximum absolute atomic E-state index is 13.3. The maximum atomic E-state index is 13.3. The quantitative estimate of drug-likeness (QED) is 0.410. The maximum Gasteiger partial charge on any atom is 0.416 e. The molecule has 0 aromatic carbocycles. The van der Waals surface area contributed by atoms with E-state index in [9.17, 15) is 9.59 Å². The highest BCUT2D eigenvalue weighted by Crippen LogP contribution is 2.37. The Morgan fingerprint density at radius 2 is 1.78 bits per heavy atom. The minimum atomic E-state index is -0.682. The second-order valence-electron chi connectivity index (χ2n) is 10.8. The Labute approximate surface area is 216 Å². The molecule has 36 heavy (non-hydrogen) atoms. The van der Waals surface area contributed by atoms with Gasteiger partial charge in [0, 0.05) is 17.3 Å². The first-order valence-corrected chi connectivity index (χ1v) is 12.7. The van der Waals surface area contributed by atoms with Crippen molar-refractivity contribution < 1.29 is 23.5 Å². The zero-order valence-electron chi connectivity index (χ0n) is 22.5. The third-order valence-electron chi connectivity index (χ3n) is 4.98. The van der Waals surface area contributed by atoms with Crippen LogP contribution in [0, 0.1) is 13.8 Å². The largest absolute Gasteiger partial charge is 0.467 e. The van der Waals surface area contributed by atoms with Gasteiger partial charge in [-0.1, -0.05) is 0 Å². The highest BCUT2D eigenvalue weighted by Gasteiger charge is 2.29. The second kappa shape index (κ2) is 10.5. The van der Waals surface area contributed by atoms with Crippen LogP contribution < -0.4 is 10.2 Å². The van der Waals surface area contributed by atoms with Gasteiger partial charge in [-0.15, -0.1) is 11.3 Å². The van der Waals surface area contributed by atoms with E-state index < -0.39 is 23.4 Å². The standard InChI is InChI=1S/C26H36N4O5S/c1-15(27-23(31)34-25(4,5)6)13-19-16(2)20-21(36-19)22(29-17(3)28-20)30(14-18-11-10-12-33-18)24(32)35-26(7,8)9/h10-12,15H,13-14H2,1-9H3,(H,27,31)/t15-/m0/s1. The van der Waals surface area contributed by atoms with Gasteiger partial charge in [0.25, 0.3) is 0 Å². The van der Waals surface area contributed by atoms with Crippen LogP contribution in [0.1, 0.15) is 70.5 Å². The molecule has 2 amide bonds. The Balaban J connectivity index is 1.98. The minimum Gasteiger partial charge on any atom is -0.467 e. The molecule has 0 fully saturated rings. The molecule has 0 saturated heterocycles. The lowest BCUT2D eigenvalue weighted by Gasteiger charge is -2.26. The van der Waals surface area contributed by atoms with Crippen LogP contribution in [-0.4, -0.2) is 39.4 Å². The highest BCUT2D eigenvalue weighted by atomic mass is 32.1. The number of fused-ring (bicyclic) bond motifs is 1. The van der Waals surface area contributed by atoms with Crippen LogP contribution in [0.5, 0.6) is 0 Å². The Bertz CT molecular complexity index is 1220. The van der Waals surface area contributed by atoms with Crippen molar-refractivity contribution in [1.29, 1.82) is 0 Å². The van der Waals surface area contributed by atoms with Crippen molar-refractivity contribution in [3.63, 3.8) is 0 Å².